The third kappa shape index (κ3) is 8.82. The standard InChI is InChI=1S/C49H63N7O7/c1-9-55-40-15-14-30-22-36(40)37(44(55)34-12-10-16-50-41(34)28(4)62-8)24-49(5,6)26-63-48(61)38-13-11-17-56(53-38)46(59)39(20-29-18-31(30)21-33(57)19-29)52-45(58)43(27(2)3)54(7)47(60)42-35-23-32(35)25-51-42/h10,12,14-16,18-19,21-22,27-28,32,35,38-39,42-43,51,53,57H,9,11,13,17,20,23-26H2,1-8H3,(H,52,58)/t28-,32-,35-,38-,39-,42+,43?/m0/s1. The Morgan fingerprint density at radius 2 is 1.90 bits per heavy atom. The van der Waals surface area contributed by atoms with Crippen LogP contribution in [0, 0.1) is 23.2 Å². The molecule has 3 aliphatic heterocycles. The second-order valence-corrected chi connectivity index (χ2v) is 19.2. The molecule has 1 unspecified atom stereocenters. The number of likely N-dealkylation sites (N-methyl/N-ethyl adjacent to an activating group) is 1. The molecule has 336 valence electrons. The van der Waals surface area contributed by atoms with Gasteiger partial charge in [-0.2, -0.15) is 0 Å². The topological polar surface area (TPSA) is 167 Å². The molecule has 3 amide bonds. The number of methoxy groups -OCH3 is 1. The van der Waals surface area contributed by atoms with Crippen LogP contribution in [0.3, 0.4) is 0 Å². The number of esters is 1. The third-order valence-electron chi connectivity index (χ3n) is 13.6. The van der Waals surface area contributed by atoms with Crippen LogP contribution in [-0.4, -0.2) is 106 Å². The zero-order valence-electron chi connectivity index (χ0n) is 37.9. The van der Waals surface area contributed by atoms with E-state index in [-0.39, 0.29) is 48.7 Å². The van der Waals surface area contributed by atoms with Gasteiger partial charge in [0.15, 0.2) is 0 Å². The lowest BCUT2D eigenvalue weighted by atomic mass is 9.84. The van der Waals surface area contributed by atoms with E-state index in [1.165, 1.54) is 9.91 Å². The monoisotopic (exact) mass is 861 g/mol. The Labute approximate surface area is 370 Å². The first-order valence-electron chi connectivity index (χ1n) is 22.6. The van der Waals surface area contributed by atoms with E-state index in [4.69, 9.17) is 14.5 Å². The molecule has 2 aromatic heterocycles. The van der Waals surface area contributed by atoms with Crippen LogP contribution in [0.4, 0.5) is 0 Å². The SMILES string of the molecule is CCn1c(-c2cccnc2[C@H](C)OC)c2c3cc(ccc31)-c1cc(O)cc(c1)C[C@H](NC(=O)C(C(C)C)N(C)C(=O)[C@@H]1NC[C@@H]3C[C@@H]31)C(=O)N1CCC[C@H](N1)C(=O)OCC(C)(C)C2. The molecule has 4 N–H and O–H groups in total. The number of aromatic hydroxyl groups is 1. The fraction of sp³-hybridized carbons (Fsp3) is 0.531. The maximum atomic E-state index is 14.7. The molecular formula is C49H63N7O7. The van der Waals surface area contributed by atoms with Crippen LogP contribution in [0.25, 0.3) is 33.3 Å². The summed E-state index contributed by atoms with van der Waals surface area (Å²) in [7, 11) is 3.34. The van der Waals surface area contributed by atoms with Crippen LogP contribution >= 0.6 is 0 Å². The van der Waals surface area contributed by atoms with Gasteiger partial charge in [0.25, 0.3) is 5.91 Å². The third-order valence-corrected chi connectivity index (χ3v) is 13.6. The number of benzene rings is 2. The molecule has 4 aliphatic rings. The van der Waals surface area contributed by atoms with E-state index < -0.39 is 41.3 Å². The van der Waals surface area contributed by atoms with Crippen molar-refractivity contribution in [2.24, 2.45) is 23.2 Å². The number of nitrogens with one attached hydrogen (secondary N) is 3. The van der Waals surface area contributed by atoms with Gasteiger partial charge in [-0.25, -0.2) is 5.43 Å². The fourth-order valence-corrected chi connectivity index (χ4v) is 10.2. The number of pyridine rings is 1. The minimum atomic E-state index is -1.10. The number of piperidine rings is 1. The molecule has 6 bridgehead atoms. The number of phenolic OH excluding ortho intramolecular Hbond substituents is 1. The number of hydrazine groups is 1. The van der Waals surface area contributed by atoms with E-state index in [1.54, 1.807) is 32.5 Å². The lowest BCUT2D eigenvalue weighted by molar-refractivity contribution is -0.155. The first kappa shape index (κ1) is 44.3. The van der Waals surface area contributed by atoms with Gasteiger partial charge in [0.05, 0.1) is 30.1 Å². The molecule has 7 atom stereocenters. The number of rotatable bonds is 9. The van der Waals surface area contributed by atoms with Crippen LogP contribution in [0.15, 0.2) is 54.7 Å². The normalized spacial score (nSPS) is 24.3. The second kappa shape index (κ2) is 17.7. The highest BCUT2D eigenvalue weighted by atomic mass is 16.5. The number of nitrogens with zero attached hydrogens (tertiary/aromatic N) is 4. The number of aromatic nitrogens is 2. The van der Waals surface area contributed by atoms with Crippen molar-refractivity contribution in [2.75, 3.05) is 33.9 Å². The van der Waals surface area contributed by atoms with Gasteiger partial charge < -0.3 is 34.7 Å². The molecule has 0 spiro atoms. The molecule has 14 heteroatoms. The molecule has 2 saturated heterocycles. The summed E-state index contributed by atoms with van der Waals surface area (Å²) in [5.41, 5.74) is 9.74. The fourth-order valence-electron chi connectivity index (χ4n) is 10.2. The Balaban J connectivity index is 1.22. The molecule has 3 fully saturated rings. The zero-order valence-corrected chi connectivity index (χ0v) is 37.9. The molecular weight excluding hydrogens is 799 g/mol. The number of fused-ring (bicyclic) bond motifs is 7. The quantitative estimate of drug-likeness (QED) is 0.157. The van der Waals surface area contributed by atoms with Crippen LogP contribution < -0.4 is 16.1 Å². The number of cyclic esters (lactones) is 1. The highest BCUT2D eigenvalue weighted by Gasteiger charge is 2.52. The van der Waals surface area contributed by atoms with Crippen molar-refractivity contribution in [3.8, 4) is 28.1 Å². The average Bonchev–Trinajstić information content (AvgIpc) is 3.82. The average molecular weight is 862 g/mol. The molecule has 8 rings (SSSR count). The highest BCUT2D eigenvalue weighted by molar-refractivity contribution is 5.96. The number of ether oxygens (including phenoxy) is 2. The predicted molar refractivity (Wildman–Crippen MR) is 240 cm³/mol. The number of amides is 3. The van der Waals surface area contributed by atoms with Crippen LogP contribution in [0.2, 0.25) is 0 Å². The minimum Gasteiger partial charge on any atom is -0.508 e. The number of carbonyl (C=O) groups excluding carboxylic acids is 4. The van der Waals surface area contributed by atoms with Gasteiger partial charge in [-0.15, -0.1) is 0 Å². The van der Waals surface area contributed by atoms with Crippen LogP contribution in [0.5, 0.6) is 5.75 Å². The van der Waals surface area contributed by atoms with Gasteiger partial charge in [0, 0.05) is 61.7 Å². The van der Waals surface area contributed by atoms with E-state index in [0.29, 0.717) is 43.8 Å². The van der Waals surface area contributed by atoms with Crippen molar-refractivity contribution < 1.29 is 33.8 Å². The van der Waals surface area contributed by atoms with E-state index >= 15 is 0 Å². The molecule has 1 aliphatic carbocycles. The van der Waals surface area contributed by atoms with Crippen LogP contribution in [-0.2, 0) is 48.0 Å². The summed E-state index contributed by atoms with van der Waals surface area (Å²) in [6.45, 7) is 14.0. The Bertz CT molecular complexity index is 2410. The zero-order chi connectivity index (χ0) is 44.9. The maximum absolute atomic E-state index is 14.7. The van der Waals surface area contributed by atoms with Crippen LogP contribution in [0.1, 0.15) is 83.7 Å². The summed E-state index contributed by atoms with van der Waals surface area (Å²) in [6.07, 6.45) is 4.12. The molecule has 0 radical (unpaired) electrons. The summed E-state index contributed by atoms with van der Waals surface area (Å²) in [5, 5.41) is 20.1. The first-order valence-corrected chi connectivity index (χ1v) is 22.6. The van der Waals surface area contributed by atoms with Crippen molar-refractivity contribution >= 4 is 34.6 Å². The van der Waals surface area contributed by atoms with Gasteiger partial charge in [0.1, 0.15) is 23.9 Å². The maximum Gasteiger partial charge on any atom is 0.324 e. The van der Waals surface area contributed by atoms with E-state index in [1.807, 2.05) is 39.0 Å². The number of hydrogen-bond acceptors (Lipinski definition) is 10. The van der Waals surface area contributed by atoms with Gasteiger partial charge in [-0.1, -0.05) is 39.8 Å². The number of carbonyl (C=O) groups is 4. The van der Waals surface area contributed by atoms with Crippen molar-refractivity contribution in [2.45, 2.75) is 110 Å². The highest BCUT2D eigenvalue weighted by Crippen LogP contribution is 2.46. The van der Waals surface area contributed by atoms with Crippen molar-refractivity contribution in [1.82, 2.24) is 35.5 Å². The van der Waals surface area contributed by atoms with Crippen molar-refractivity contribution in [3.05, 3.63) is 71.5 Å². The molecule has 2 aromatic carbocycles. The smallest absolute Gasteiger partial charge is 0.324 e. The van der Waals surface area contributed by atoms with E-state index in [0.717, 1.165) is 57.5 Å². The van der Waals surface area contributed by atoms with E-state index in [9.17, 15) is 24.3 Å². The van der Waals surface area contributed by atoms with Gasteiger partial charge in [-0.05, 0) is 122 Å². The Hall–Kier alpha value is -5.31. The van der Waals surface area contributed by atoms with Crippen molar-refractivity contribution in [3.63, 3.8) is 0 Å². The molecule has 1 saturated carbocycles. The minimum absolute atomic E-state index is 0.0167. The number of hydrogen-bond donors (Lipinski definition) is 4. The number of phenols is 1. The molecule has 5 heterocycles. The van der Waals surface area contributed by atoms with Gasteiger partial charge in [-0.3, -0.25) is 29.2 Å². The van der Waals surface area contributed by atoms with Crippen molar-refractivity contribution in [1.29, 1.82) is 0 Å². The largest absolute Gasteiger partial charge is 0.508 e. The molecule has 4 aromatic rings. The first-order chi connectivity index (χ1) is 30.1. The molecule has 14 nitrogen and oxygen atoms in total. The number of aryl methyl sites for hydroxylation is 1. The summed E-state index contributed by atoms with van der Waals surface area (Å²) >= 11 is 0. The summed E-state index contributed by atoms with van der Waals surface area (Å²) in [4.78, 5) is 63.1. The summed E-state index contributed by atoms with van der Waals surface area (Å²) in [6, 6.07) is 12.5. The Morgan fingerprint density at radius 1 is 1.11 bits per heavy atom. The Morgan fingerprint density at radius 3 is 2.60 bits per heavy atom. The van der Waals surface area contributed by atoms with Gasteiger partial charge in [0.2, 0.25) is 11.8 Å². The van der Waals surface area contributed by atoms with E-state index in [2.05, 4.69) is 59.6 Å². The summed E-state index contributed by atoms with van der Waals surface area (Å²) < 4.78 is 14.2. The summed E-state index contributed by atoms with van der Waals surface area (Å²) in [5.74, 6) is -0.921. The second-order valence-electron chi connectivity index (χ2n) is 19.2. The lowest BCUT2D eigenvalue weighted by Crippen LogP contribution is -2.62. The lowest BCUT2D eigenvalue weighted by Gasteiger charge is -2.37. The molecule has 63 heavy (non-hydrogen) atoms. The predicted octanol–water partition coefficient (Wildman–Crippen LogP) is 5.54. The van der Waals surface area contributed by atoms with Gasteiger partial charge >= 0.3 is 5.97 Å². The Kier molecular flexibility index (Phi) is 12.4.